The molecule has 0 radical (unpaired) electrons. The summed E-state index contributed by atoms with van der Waals surface area (Å²) in [5, 5.41) is 0. The number of aromatic nitrogens is 2. The number of unbranched alkanes of at least 4 members (excludes halogenated alkanes) is 11. The molecule has 0 bridgehead atoms. The minimum atomic E-state index is -0.546. The smallest absolute Gasteiger partial charge is 0.419 e. The maximum atomic E-state index is 12.7. The SMILES string of the molecule is CC/C=C\CCCCOC(CCC(=O)OCCCC(CCCOC(=O)CCCCCCC(=O)OCCC(CCCCC)CCCCC)OC(=O)n1ccnc1)OCCCC/C=C\CC. The summed E-state index contributed by atoms with van der Waals surface area (Å²) in [4.78, 5) is 54.1. The predicted molar refractivity (Wildman–Crippen MR) is 255 cm³/mol. The highest BCUT2D eigenvalue weighted by atomic mass is 16.7. The van der Waals surface area contributed by atoms with Gasteiger partial charge in [0.05, 0.1) is 26.2 Å². The van der Waals surface area contributed by atoms with Crippen LogP contribution in [0.3, 0.4) is 0 Å². The Hall–Kier alpha value is -3.51. The van der Waals surface area contributed by atoms with E-state index in [0.717, 1.165) is 77.0 Å². The van der Waals surface area contributed by atoms with Crippen LogP contribution >= 0.6 is 0 Å². The summed E-state index contributed by atoms with van der Waals surface area (Å²) in [6.07, 6.45) is 37.2. The Kier molecular flexibility index (Phi) is 39.7. The molecule has 0 saturated carbocycles. The van der Waals surface area contributed by atoms with Gasteiger partial charge >= 0.3 is 24.0 Å². The molecule has 1 heterocycles. The Balaban J connectivity index is 2.38. The molecule has 0 aliphatic heterocycles. The lowest BCUT2D eigenvalue weighted by molar-refractivity contribution is -0.159. The molecule has 1 atom stereocenters. The quantitative estimate of drug-likeness (QED) is 0.0203. The molecule has 1 unspecified atom stereocenters. The van der Waals surface area contributed by atoms with Crippen molar-refractivity contribution in [3.05, 3.63) is 43.0 Å². The molecule has 0 saturated heterocycles. The van der Waals surface area contributed by atoms with E-state index in [2.05, 4.69) is 57.0 Å². The molecule has 0 aliphatic carbocycles. The van der Waals surface area contributed by atoms with Crippen LogP contribution in [0.15, 0.2) is 43.0 Å². The van der Waals surface area contributed by atoms with E-state index in [-0.39, 0.29) is 37.5 Å². The van der Waals surface area contributed by atoms with Gasteiger partial charge in [-0.05, 0) is 102 Å². The number of carbonyl (C=O) groups is 4. The van der Waals surface area contributed by atoms with Crippen LogP contribution in [0.5, 0.6) is 0 Å². The molecule has 0 spiro atoms. The first kappa shape index (κ1) is 58.5. The first-order valence-electron chi connectivity index (χ1n) is 25.5. The third-order valence-corrected chi connectivity index (χ3v) is 11.1. The highest BCUT2D eigenvalue weighted by Crippen LogP contribution is 2.21. The molecule has 0 amide bonds. The van der Waals surface area contributed by atoms with E-state index in [1.807, 2.05) is 0 Å². The molecular formula is C52H90N2O10. The summed E-state index contributed by atoms with van der Waals surface area (Å²) in [5.41, 5.74) is 0. The number of ether oxygens (including phenoxy) is 6. The topological polar surface area (TPSA) is 141 Å². The van der Waals surface area contributed by atoms with Crippen molar-refractivity contribution in [3.8, 4) is 0 Å². The Labute approximate surface area is 388 Å². The van der Waals surface area contributed by atoms with Gasteiger partial charge in [0.1, 0.15) is 12.4 Å². The van der Waals surface area contributed by atoms with Crippen LogP contribution in [-0.4, -0.2) is 79.0 Å². The molecule has 1 aromatic heterocycles. The fourth-order valence-corrected chi connectivity index (χ4v) is 7.25. The number of carbonyl (C=O) groups excluding carboxylic acids is 4. The average molecular weight is 903 g/mol. The van der Waals surface area contributed by atoms with Crippen molar-refractivity contribution in [1.82, 2.24) is 9.55 Å². The van der Waals surface area contributed by atoms with Gasteiger partial charge in [0.2, 0.25) is 0 Å². The van der Waals surface area contributed by atoms with Crippen LogP contribution in [0, 0.1) is 5.92 Å². The second-order valence-electron chi connectivity index (χ2n) is 16.9. The van der Waals surface area contributed by atoms with E-state index in [0.29, 0.717) is 77.1 Å². The van der Waals surface area contributed by atoms with Gasteiger partial charge in [0, 0.05) is 44.9 Å². The van der Waals surface area contributed by atoms with Gasteiger partial charge in [-0.1, -0.05) is 116 Å². The fraction of sp³-hybridized carbons (Fsp3) is 0.788. The van der Waals surface area contributed by atoms with Gasteiger partial charge < -0.3 is 28.4 Å². The highest BCUT2D eigenvalue weighted by Gasteiger charge is 2.18. The number of esters is 3. The molecule has 368 valence electrons. The Morgan fingerprint density at radius 2 is 1.05 bits per heavy atom. The minimum absolute atomic E-state index is 0.125. The molecule has 0 fully saturated rings. The first-order valence-corrected chi connectivity index (χ1v) is 25.5. The van der Waals surface area contributed by atoms with Gasteiger partial charge in [-0.2, -0.15) is 0 Å². The van der Waals surface area contributed by atoms with Gasteiger partial charge in [0.25, 0.3) is 0 Å². The summed E-state index contributed by atoms with van der Waals surface area (Å²) in [5.74, 6) is -0.0598. The number of hydrogen-bond donors (Lipinski definition) is 0. The number of imidazole rings is 1. The molecule has 0 aromatic carbocycles. The number of rotatable bonds is 44. The predicted octanol–water partition coefficient (Wildman–Crippen LogP) is 13.3. The van der Waals surface area contributed by atoms with Crippen molar-refractivity contribution in [2.24, 2.45) is 5.92 Å². The average Bonchev–Trinajstić information content (AvgIpc) is 3.84. The molecule has 12 nitrogen and oxygen atoms in total. The molecule has 64 heavy (non-hydrogen) atoms. The Morgan fingerprint density at radius 3 is 1.55 bits per heavy atom. The minimum Gasteiger partial charge on any atom is -0.466 e. The molecule has 1 aromatic rings. The van der Waals surface area contributed by atoms with Crippen molar-refractivity contribution in [2.75, 3.05) is 33.0 Å². The standard InChI is InChI=1S/C52H90N2O10/c1-5-9-13-15-19-25-40-62-51(63-41-26-20-16-14-10-6-2)36-35-50(57)60-43-28-32-47(64-52(58)54-39-38-53-45-54)31-27-42-59-48(55)33-23-17-18-24-34-49(56)61-44-37-46(29-21-11-7-3)30-22-12-8-4/h9-10,13-14,38-39,45-47,51H,5-8,11-12,15-37,40-44H2,1-4H3/b13-9-,14-10-. The van der Waals surface area contributed by atoms with Crippen molar-refractivity contribution in [2.45, 2.75) is 226 Å². The summed E-state index contributed by atoms with van der Waals surface area (Å²) < 4.78 is 35.7. The third-order valence-electron chi connectivity index (χ3n) is 11.1. The zero-order valence-electron chi connectivity index (χ0n) is 40.8. The second kappa shape index (κ2) is 43.4. The monoisotopic (exact) mass is 903 g/mol. The zero-order chi connectivity index (χ0) is 46.6. The van der Waals surface area contributed by atoms with E-state index in [9.17, 15) is 19.2 Å². The lowest BCUT2D eigenvalue weighted by atomic mass is 9.92. The fourth-order valence-electron chi connectivity index (χ4n) is 7.25. The highest BCUT2D eigenvalue weighted by molar-refractivity contribution is 5.70. The Morgan fingerprint density at radius 1 is 0.516 bits per heavy atom. The first-order chi connectivity index (χ1) is 31.3. The lowest BCUT2D eigenvalue weighted by Crippen LogP contribution is -2.23. The van der Waals surface area contributed by atoms with Crippen LogP contribution in [0.4, 0.5) is 4.79 Å². The van der Waals surface area contributed by atoms with Gasteiger partial charge in [-0.3, -0.25) is 14.4 Å². The van der Waals surface area contributed by atoms with E-state index in [1.54, 1.807) is 0 Å². The largest absolute Gasteiger partial charge is 0.466 e. The maximum Gasteiger partial charge on any atom is 0.419 e. The Bertz CT molecular complexity index is 1280. The van der Waals surface area contributed by atoms with E-state index in [1.165, 1.54) is 74.7 Å². The number of nitrogens with zero attached hydrogens (tertiary/aromatic N) is 2. The zero-order valence-corrected chi connectivity index (χ0v) is 40.8. The number of allylic oxidation sites excluding steroid dienone is 4. The summed E-state index contributed by atoms with van der Waals surface area (Å²) >= 11 is 0. The van der Waals surface area contributed by atoms with Gasteiger partial charge in [0.15, 0.2) is 6.29 Å². The molecule has 0 aliphatic rings. The van der Waals surface area contributed by atoms with Crippen molar-refractivity contribution < 1.29 is 47.6 Å². The normalized spacial score (nSPS) is 12.2. The summed E-state index contributed by atoms with van der Waals surface area (Å²) in [6, 6.07) is 0. The number of hydrogen-bond acceptors (Lipinski definition) is 11. The third kappa shape index (κ3) is 35.8. The lowest BCUT2D eigenvalue weighted by Gasteiger charge is -2.19. The second-order valence-corrected chi connectivity index (χ2v) is 16.9. The molecule has 1 rings (SSSR count). The van der Waals surface area contributed by atoms with E-state index in [4.69, 9.17) is 28.4 Å². The van der Waals surface area contributed by atoms with Gasteiger partial charge in [-0.25, -0.2) is 14.3 Å². The van der Waals surface area contributed by atoms with Crippen LogP contribution in [0.2, 0.25) is 0 Å². The van der Waals surface area contributed by atoms with E-state index < -0.39 is 18.5 Å². The van der Waals surface area contributed by atoms with E-state index >= 15 is 0 Å². The van der Waals surface area contributed by atoms with Crippen molar-refractivity contribution >= 4 is 24.0 Å². The van der Waals surface area contributed by atoms with Crippen LogP contribution in [0.25, 0.3) is 0 Å². The molecule has 0 N–H and O–H groups in total. The van der Waals surface area contributed by atoms with Gasteiger partial charge in [-0.15, -0.1) is 0 Å². The molecule has 12 heteroatoms. The van der Waals surface area contributed by atoms with Crippen molar-refractivity contribution in [3.63, 3.8) is 0 Å². The van der Waals surface area contributed by atoms with Crippen LogP contribution in [0.1, 0.15) is 214 Å². The van der Waals surface area contributed by atoms with Crippen molar-refractivity contribution in [1.29, 1.82) is 0 Å². The van der Waals surface area contributed by atoms with Crippen LogP contribution in [-0.2, 0) is 42.8 Å². The summed E-state index contributed by atoms with van der Waals surface area (Å²) in [7, 11) is 0. The maximum absolute atomic E-state index is 12.7. The van der Waals surface area contributed by atoms with Crippen LogP contribution < -0.4 is 0 Å². The summed E-state index contributed by atoms with van der Waals surface area (Å²) in [6.45, 7) is 10.8. The molecular weight excluding hydrogens is 813 g/mol.